The topological polar surface area (TPSA) is 69.0 Å². The summed E-state index contributed by atoms with van der Waals surface area (Å²) in [6.45, 7) is 6.21. The minimum atomic E-state index is -0.945. The molecule has 0 unspecified atom stereocenters. The van der Waals surface area contributed by atoms with Crippen LogP contribution in [-0.4, -0.2) is 30.6 Å². The molecule has 3 aromatic rings. The minimum absolute atomic E-state index is 0.00997. The molecular formula is C24H25NO5. The molecule has 0 spiro atoms. The fourth-order valence-electron chi connectivity index (χ4n) is 3.97. The summed E-state index contributed by atoms with van der Waals surface area (Å²) in [4.78, 5) is 27.7. The molecule has 1 amide bonds. The van der Waals surface area contributed by atoms with E-state index < -0.39 is 12.1 Å². The molecule has 30 heavy (non-hydrogen) atoms. The lowest BCUT2D eigenvalue weighted by Gasteiger charge is -2.25. The summed E-state index contributed by atoms with van der Waals surface area (Å²) in [5, 5.41) is 0.805. The van der Waals surface area contributed by atoms with Gasteiger partial charge in [-0.15, -0.1) is 0 Å². The number of hydrogen-bond donors (Lipinski definition) is 0. The molecule has 2 atom stereocenters. The van der Waals surface area contributed by atoms with Crippen molar-refractivity contribution in [3.8, 4) is 0 Å². The second-order valence-corrected chi connectivity index (χ2v) is 7.48. The van der Waals surface area contributed by atoms with Crippen LogP contribution in [0, 0.1) is 0 Å². The average Bonchev–Trinajstić information content (AvgIpc) is 3.28. The van der Waals surface area contributed by atoms with Gasteiger partial charge in [-0.05, 0) is 44.9 Å². The lowest BCUT2D eigenvalue weighted by atomic mass is 10.1. The van der Waals surface area contributed by atoms with Crippen molar-refractivity contribution in [1.82, 2.24) is 0 Å². The van der Waals surface area contributed by atoms with Crippen LogP contribution in [0.15, 0.2) is 52.9 Å². The van der Waals surface area contributed by atoms with Gasteiger partial charge in [-0.3, -0.25) is 4.79 Å². The van der Waals surface area contributed by atoms with Crippen molar-refractivity contribution >= 4 is 28.5 Å². The maximum atomic E-state index is 13.1. The van der Waals surface area contributed by atoms with E-state index in [2.05, 4.69) is 0 Å². The number of furan rings is 1. The van der Waals surface area contributed by atoms with Crippen LogP contribution in [0.2, 0.25) is 0 Å². The second kappa shape index (κ2) is 8.32. The molecule has 2 aromatic carbocycles. The predicted octanol–water partition coefficient (Wildman–Crippen LogP) is 4.49. The number of ether oxygens (including phenoxy) is 2. The highest BCUT2D eigenvalue weighted by molar-refractivity contribution is 6.01. The number of hydrogen-bond acceptors (Lipinski definition) is 5. The summed E-state index contributed by atoms with van der Waals surface area (Å²) in [6, 6.07) is 15.2. The van der Waals surface area contributed by atoms with Gasteiger partial charge in [-0.25, -0.2) is 4.79 Å². The van der Waals surface area contributed by atoms with Crippen LogP contribution in [0.3, 0.4) is 0 Å². The number of carbonyl (C=O) groups is 2. The summed E-state index contributed by atoms with van der Waals surface area (Å²) in [5.74, 6) is -0.829. The lowest BCUT2D eigenvalue weighted by molar-refractivity contribution is -0.126. The van der Waals surface area contributed by atoms with Gasteiger partial charge in [0.25, 0.3) is 5.91 Å². The van der Waals surface area contributed by atoms with E-state index >= 15 is 0 Å². The summed E-state index contributed by atoms with van der Waals surface area (Å²) in [6.07, 6.45) is -0.163. The van der Waals surface area contributed by atoms with Crippen molar-refractivity contribution in [2.24, 2.45) is 0 Å². The van der Waals surface area contributed by atoms with Crippen molar-refractivity contribution in [2.75, 3.05) is 11.5 Å². The molecule has 6 nitrogen and oxygen atoms in total. The van der Waals surface area contributed by atoms with Gasteiger partial charge in [-0.1, -0.05) is 36.4 Å². The molecule has 0 bridgehead atoms. The molecule has 1 aliphatic heterocycles. The summed E-state index contributed by atoms with van der Waals surface area (Å²) in [5.41, 5.74) is 3.21. The van der Waals surface area contributed by atoms with E-state index in [1.807, 2.05) is 56.3 Å². The molecule has 1 aliphatic rings. The van der Waals surface area contributed by atoms with Gasteiger partial charge in [0, 0.05) is 29.3 Å². The number of anilines is 1. The van der Waals surface area contributed by atoms with E-state index in [0.29, 0.717) is 17.8 Å². The standard InChI is InChI=1S/C24H25NO5/c1-4-28-14-19-18-10-6-8-12-21(18)30-22(19)24(27)29-16(3)23(26)25-15(2)13-17-9-5-7-11-20(17)25/h5-12,15-16H,4,13-14H2,1-3H3/t15-,16-/m1/s1. The van der Waals surface area contributed by atoms with E-state index in [9.17, 15) is 9.59 Å². The van der Waals surface area contributed by atoms with E-state index in [1.165, 1.54) is 0 Å². The van der Waals surface area contributed by atoms with Crippen molar-refractivity contribution in [3.05, 3.63) is 65.4 Å². The number of benzene rings is 2. The maximum Gasteiger partial charge on any atom is 0.375 e. The third-order valence-corrected chi connectivity index (χ3v) is 5.41. The Balaban J connectivity index is 1.56. The molecule has 2 heterocycles. The zero-order valence-electron chi connectivity index (χ0n) is 17.4. The first-order valence-corrected chi connectivity index (χ1v) is 10.2. The van der Waals surface area contributed by atoms with E-state index in [1.54, 1.807) is 17.9 Å². The molecule has 0 radical (unpaired) electrons. The van der Waals surface area contributed by atoms with Crippen LogP contribution >= 0.6 is 0 Å². The number of fused-ring (bicyclic) bond motifs is 2. The Morgan fingerprint density at radius 3 is 2.70 bits per heavy atom. The van der Waals surface area contributed by atoms with Crippen LogP contribution in [-0.2, 0) is 27.3 Å². The van der Waals surface area contributed by atoms with Crippen molar-refractivity contribution in [2.45, 2.75) is 45.9 Å². The second-order valence-electron chi connectivity index (χ2n) is 7.48. The van der Waals surface area contributed by atoms with Gasteiger partial charge < -0.3 is 18.8 Å². The summed E-state index contributed by atoms with van der Waals surface area (Å²) in [7, 11) is 0. The van der Waals surface area contributed by atoms with Gasteiger partial charge in [0.05, 0.1) is 6.61 Å². The van der Waals surface area contributed by atoms with Gasteiger partial charge in [0.15, 0.2) is 6.10 Å². The largest absolute Gasteiger partial charge is 0.449 e. The number of amides is 1. The van der Waals surface area contributed by atoms with Gasteiger partial charge in [-0.2, -0.15) is 0 Å². The smallest absolute Gasteiger partial charge is 0.375 e. The number of para-hydroxylation sites is 2. The quantitative estimate of drug-likeness (QED) is 0.563. The molecule has 0 aliphatic carbocycles. The summed E-state index contributed by atoms with van der Waals surface area (Å²) < 4.78 is 16.8. The van der Waals surface area contributed by atoms with E-state index in [0.717, 1.165) is 23.1 Å². The van der Waals surface area contributed by atoms with Crippen LogP contribution in [0.5, 0.6) is 0 Å². The molecule has 156 valence electrons. The number of rotatable bonds is 6. The Hall–Kier alpha value is -3.12. The number of esters is 1. The molecular weight excluding hydrogens is 382 g/mol. The molecule has 1 aromatic heterocycles. The van der Waals surface area contributed by atoms with Gasteiger partial charge in [0.2, 0.25) is 5.76 Å². The van der Waals surface area contributed by atoms with Crippen molar-refractivity contribution < 1.29 is 23.5 Å². The number of nitrogens with zero attached hydrogens (tertiary/aromatic N) is 1. The third kappa shape index (κ3) is 3.59. The fraction of sp³-hybridized carbons (Fsp3) is 0.333. The Bertz CT molecular complexity index is 1090. The highest BCUT2D eigenvalue weighted by Gasteiger charge is 2.35. The molecule has 0 saturated heterocycles. The summed E-state index contributed by atoms with van der Waals surface area (Å²) >= 11 is 0. The van der Waals surface area contributed by atoms with Gasteiger partial charge >= 0.3 is 5.97 Å². The first-order valence-electron chi connectivity index (χ1n) is 10.2. The van der Waals surface area contributed by atoms with E-state index in [4.69, 9.17) is 13.9 Å². The zero-order valence-corrected chi connectivity index (χ0v) is 17.4. The lowest BCUT2D eigenvalue weighted by Crippen LogP contribution is -2.43. The molecule has 0 saturated carbocycles. The average molecular weight is 407 g/mol. The monoisotopic (exact) mass is 407 g/mol. The predicted molar refractivity (Wildman–Crippen MR) is 114 cm³/mol. The Morgan fingerprint density at radius 2 is 1.90 bits per heavy atom. The normalized spacial score (nSPS) is 16.5. The SMILES string of the molecule is CCOCc1c(C(=O)O[C@H](C)C(=O)N2c3ccccc3C[C@H]2C)oc2ccccc12. The number of carbonyl (C=O) groups excluding carboxylic acids is 2. The van der Waals surface area contributed by atoms with Gasteiger partial charge in [0.1, 0.15) is 5.58 Å². The fourth-order valence-corrected chi connectivity index (χ4v) is 3.97. The highest BCUT2D eigenvalue weighted by Crippen LogP contribution is 2.33. The first kappa shape index (κ1) is 20.2. The highest BCUT2D eigenvalue weighted by atomic mass is 16.6. The zero-order chi connectivity index (χ0) is 21.3. The minimum Gasteiger partial charge on any atom is -0.449 e. The molecule has 0 fully saturated rings. The van der Waals surface area contributed by atoms with E-state index in [-0.39, 0.29) is 24.3 Å². The van der Waals surface area contributed by atoms with Crippen LogP contribution in [0.25, 0.3) is 11.0 Å². The first-order chi connectivity index (χ1) is 14.5. The van der Waals surface area contributed by atoms with Crippen molar-refractivity contribution in [3.63, 3.8) is 0 Å². The van der Waals surface area contributed by atoms with Crippen molar-refractivity contribution in [1.29, 1.82) is 0 Å². The molecule has 0 N–H and O–H groups in total. The molecule has 4 rings (SSSR count). The molecule has 6 heteroatoms. The Kier molecular flexibility index (Phi) is 5.59. The van der Waals surface area contributed by atoms with Crippen LogP contribution in [0.4, 0.5) is 5.69 Å². The maximum absolute atomic E-state index is 13.1. The van der Waals surface area contributed by atoms with Crippen LogP contribution in [0.1, 0.15) is 42.5 Å². The third-order valence-electron chi connectivity index (χ3n) is 5.41. The Labute approximate surface area is 175 Å². The van der Waals surface area contributed by atoms with Crippen LogP contribution < -0.4 is 4.90 Å². The Morgan fingerprint density at radius 1 is 1.17 bits per heavy atom.